The highest BCUT2D eigenvalue weighted by molar-refractivity contribution is 14.1. The quantitative estimate of drug-likeness (QED) is 0.805. The first-order valence-corrected chi connectivity index (χ1v) is 7.48. The summed E-state index contributed by atoms with van der Waals surface area (Å²) < 4.78 is 6.45. The summed E-state index contributed by atoms with van der Waals surface area (Å²) in [6.07, 6.45) is 0. The number of rotatable bonds is 4. The molecule has 0 aromatic heterocycles. The van der Waals surface area contributed by atoms with E-state index in [1.807, 2.05) is 56.3 Å². The van der Waals surface area contributed by atoms with Crippen molar-refractivity contribution in [1.29, 1.82) is 0 Å². The molecule has 2 aromatic rings. The van der Waals surface area contributed by atoms with E-state index in [0.29, 0.717) is 12.2 Å². The van der Waals surface area contributed by atoms with Gasteiger partial charge >= 0.3 is 0 Å². The van der Waals surface area contributed by atoms with Gasteiger partial charge in [-0.2, -0.15) is 0 Å². The smallest absolute Gasteiger partial charge is 0.255 e. The summed E-state index contributed by atoms with van der Waals surface area (Å²) in [4.78, 5) is 12.1. The fourth-order valence-corrected chi connectivity index (χ4v) is 2.25. The highest BCUT2D eigenvalue weighted by Gasteiger charge is 2.07. The molecule has 0 aliphatic rings. The molecule has 2 rings (SSSR count). The molecular formula is C16H16INO2. The predicted molar refractivity (Wildman–Crippen MR) is 89.5 cm³/mol. The van der Waals surface area contributed by atoms with E-state index in [9.17, 15) is 4.79 Å². The molecule has 0 saturated carbocycles. The number of amides is 1. The van der Waals surface area contributed by atoms with E-state index in [-0.39, 0.29) is 5.91 Å². The average Bonchev–Trinajstić information content (AvgIpc) is 2.44. The number of hydrogen-bond acceptors (Lipinski definition) is 2. The van der Waals surface area contributed by atoms with Crippen LogP contribution >= 0.6 is 22.6 Å². The number of carbonyl (C=O) groups excluding carboxylic acids is 1. The largest absolute Gasteiger partial charge is 0.494 e. The van der Waals surface area contributed by atoms with Gasteiger partial charge in [-0.3, -0.25) is 4.79 Å². The Labute approximate surface area is 132 Å². The lowest BCUT2D eigenvalue weighted by Gasteiger charge is -2.08. The van der Waals surface area contributed by atoms with Gasteiger partial charge in [0.15, 0.2) is 0 Å². The van der Waals surface area contributed by atoms with Gasteiger partial charge in [0.25, 0.3) is 5.91 Å². The lowest BCUT2D eigenvalue weighted by molar-refractivity contribution is 0.102. The monoisotopic (exact) mass is 381 g/mol. The van der Waals surface area contributed by atoms with Gasteiger partial charge in [0.05, 0.1) is 6.61 Å². The van der Waals surface area contributed by atoms with Gasteiger partial charge in [0, 0.05) is 14.8 Å². The summed E-state index contributed by atoms with van der Waals surface area (Å²) in [5.74, 6) is 0.697. The van der Waals surface area contributed by atoms with Crippen LogP contribution in [0, 0.1) is 10.5 Å². The molecule has 20 heavy (non-hydrogen) atoms. The Balaban J connectivity index is 2.08. The van der Waals surface area contributed by atoms with Crippen LogP contribution in [0.5, 0.6) is 5.75 Å². The molecule has 4 heteroatoms. The summed E-state index contributed by atoms with van der Waals surface area (Å²) in [7, 11) is 0. The molecule has 0 atom stereocenters. The number of nitrogens with one attached hydrogen (secondary N) is 1. The molecule has 2 aromatic carbocycles. The van der Waals surface area contributed by atoms with Gasteiger partial charge in [0.2, 0.25) is 0 Å². The number of anilines is 1. The summed E-state index contributed by atoms with van der Waals surface area (Å²) in [5.41, 5.74) is 2.59. The minimum absolute atomic E-state index is 0.105. The number of hydrogen-bond donors (Lipinski definition) is 1. The second-order valence-electron chi connectivity index (χ2n) is 4.38. The van der Waals surface area contributed by atoms with Crippen molar-refractivity contribution < 1.29 is 9.53 Å². The first-order valence-electron chi connectivity index (χ1n) is 6.40. The predicted octanol–water partition coefficient (Wildman–Crippen LogP) is 4.25. The van der Waals surface area contributed by atoms with Crippen molar-refractivity contribution in [2.75, 3.05) is 11.9 Å². The topological polar surface area (TPSA) is 38.3 Å². The van der Waals surface area contributed by atoms with Crippen LogP contribution in [0.1, 0.15) is 22.8 Å². The fourth-order valence-electron chi connectivity index (χ4n) is 1.74. The standard InChI is InChI=1S/C16H16INO2/c1-3-20-14-8-6-13(7-9-14)18-16(19)12-5-4-11(2)15(17)10-12/h4-10H,3H2,1-2H3,(H,18,19). The number of halogens is 1. The zero-order valence-corrected chi connectivity index (χ0v) is 13.6. The maximum absolute atomic E-state index is 12.1. The van der Waals surface area contributed by atoms with Crippen LogP contribution in [0.15, 0.2) is 42.5 Å². The second-order valence-corrected chi connectivity index (χ2v) is 5.54. The van der Waals surface area contributed by atoms with Crippen LogP contribution in [0.2, 0.25) is 0 Å². The van der Waals surface area contributed by atoms with Gasteiger partial charge in [-0.15, -0.1) is 0 Å². The van der Waals surface area contributed by atoms with Crippen LogP contribution in [-0.4, -0.2) is 12.5 Å². The number of carbonyl (C=O) groups is 1. The van der Waals surface area contributed by atoms with Crippen LogP contribution in [0.4, 0.5) is 5.69 Å². The van der Waals surface area contributed by atoms with Crippen LogP contribution < -0.4 is 10.1 Å². The van der Waals surface area contributed by atoms with Crippen molar-refractivity contribution in [2.24, 2.45) is 0 Å². The first-order chi connectivity index (χ1) is 9.60. The van der Waals surface area contributed by atoms with Crippen LogP contribution in [-0.2, 0) is 0 Å². The Morgan fingerprint density at radius 3 is 2.50 bits per heavy atom. The summed E-state index contributed by atoms with van der Waals surface area (Å²) in [6, 6.07) is 13.0. The zero-order chi connectivity index (χ0) is 14.5. The summed E-state index contributed by atoms with van der Waals surface area (Å²) in [6.45, 7) is 4.60. The van der Waals surface area contributed by atoms with Crippen LogP contribution in [0.25, 0.3) is 0 Å². The van der Waals surface area contributed by atoms with Crippen molar-refractivity contribution >= 4 is 34.2 Å². The van der Waals surface area contributed by atoms with Gasteiger partial charge in [-0.25, -0.2) is 0 Å². The molecule has 0 saturated heterocycles. The van der Waals surface area contributed by atoms with Crippen molar-refractivity contribution in [2.45, 2.75) is 13.8 Å². The molecule has 1 amide bonds. The maximum Gasteiger partial charge on any atom is 0.255 e. The van der Waals surface area contributed by atoms with Gasteiger partial charge in [0.1, 0.15) is 5.75 Å². The lowest BCUT2D eigenvalue weighted by atomic mass is 10.1. The molecule has 0 aliphatic carbocycles. The molecule has 0 radical (unpaired) electrons. The molecular weight excluding hydrogens is 365 g/mol. The van der Waals surface area contributed by atoms with E-state index in [1.165, 1.54) is 5.56 Å². The maximum atomic E-state index is 12.1. The fraction of sp³-hybridized carbons (Fsp3) is 0.188. The van der Waals surface area contributed by atoms with E-state index < -0.39 is 0 Å². The lowest BCUT2D eigenvalue weighted by Crippen LogP contribution is -2.12. The third-order valence-corrected chi connectivity index (χ3v) is 4.02. The molecule has 0 bridgehead atoms. The molecule has 0 spiro atoms. The SMILES string of the molecule is CCOc1ccc(NC(=O)c2ccc(C)c(I)c2)cc1. The average molecular weight is 381 g/mol. The molecule has 0 aliphatic heterocycles. The zero-order valence-electron chi connectivity index (χ0n) is 11.4. The number of ether oxygens (including phenoxy) is 1. The summed E-state index contributed by atoms with van der Waals surface area (Å²) in [5, 5.41) is 2.88. The minimum atomic E-state index is -0.105. The van der Waals surface area contributed by atoms with Gasteiger partial charge < -0.3 is 10.1 Å². The van der Waals surface area contributed by atoms with Crippen molar-refractivity contribution in [1.82, 2.24) is 0 Å². The van der Waals surface area contributed by atoms with Crippen molar-refractivity contribution in [3.63, 3.8) is 0 Å². The third kappa shape index (κ3) is 3.72. The highest BCUT2D eigenvalue weighted by atomic mass is 127. The Bertz CT molecular complexity index is 608. The highest BCUT2D eigenvalue weighted by Crippen LogP contribution is 2.18. The first kappa shape index (κ1) is 14.8. The molecule has 0 fully saturated rings. The van der Waals surface area contributed by atoms with E-state index >= 15 is 0 Å². The third-order valence-electron chi connectivity index (χ3n) is 2.86. The Kier molecular flexibility index (Phi) is 5.00. The number of aryl methyl sites for hydroxylation is 1. The second kappa shape index (κ2) is 6.74. The molecule has 0 unspecified atom stereocenters. The van der Waals surface area contributed by atoms with Gasteiger partial charge in [-0.1, -0.05) is 6.07 Å². The minimum Gasteiger partial charge on any atom is -0.494 e. The molecule has 3 nitrogen and oxygen atoms in total. The molecule has 0 heterocycles. The van der Waals surface area contributed by atoms with E-state index in [4.69, 9.17) is 4.74 Å². The van der Waals surface area contributed by atoms with E-state index in [2.05, 4.69) is 27.9 Å². The Morgan fingerprint density at radius 1 is 1.20 bits per heavy atom. The Morgan fingerprint density at radius 2 is 1.90 bits per heavy atom. The van der Waals surface area contributed by atoms with Gasteiger partial charge in [-0.05, 0) is 78.4 Å². The number of benzene rings is 2. The Hall–Kier alpha value is -1.56. The normalized spacial score (nSPS) is 10.2. The van der Waals surface area contributed by atoms with Crippen molar-refractivity contribution in [3.8, 4) is 5.75 Å². The summed E-state index contributed by atoms with van der Waals surface area (Å²) >= 11 is 2.23. The molecule has 104 valence electrons. The molecule has 1 N–H and O–H groups in total. The van der Waals surface area contributed by atoms with E-state index in [0.717, 1.165) is 15.0 Å². The van der Waals surface area contributed by atoms with Crippen LogP contribution in [0.3, 0.4) is 0 Å². The van der Waals surface area contributed by atoms with E-state index in [1.54, 1.807) is 0 Å². The van der Waals surface area contributed by atoms with Crippen molar-refractivity contribution in [3.05, 3.63) is 57.2 Å².